The average Bonchev–Trinajstić information content (AvgIpc) is 3.81. The molecule has 294 valence electrons. The second kappa shape index (κ2) is 17.8. The van der Waals surface area contributed by atoms with Gasteiger partial charge in [-0.2, -0.15) is 44.5 Å². The van der Waals surface area contributed by atoms with Crippen molar-refractivity contribution in [1.29, 1.82) is 0 Å². The number of anilines is 6. The maximum Gasteiger partial charge on any atom is 0.458 e. The third-order valence-electron chi connectivity index (χ3n) is 7.35. The molecule has 2 aliphatic rings. The Morgan fingerprint density at radius 1 is 0.945 bits per heavy atom. The fourth-order valence-electron chi connectivity index (χ4n) is 4.95. The summed E-state index contributed by atoms with van der Waals surface area (Å²) in [4.78, 5) is 56.3. The fourth-order valence-corrected chi connectivity index (χ4v) is 5.69. The van der Waals surface area contributed by atoms with Gasteiger partial charge in [0.1, 0.15) is 10.5 Å². The normalized spacial score (nSPS) is 15.2. The molecule has 5 heterocycles. The van der Waals surface area contributed by atoms with Gasteiger partial charge in [0.05, 0.1) is 18.1 Å². The minimum atomic E-state index is -5.77. The third-order valence-corrected chi connectivity index (χ3v) is 8.38. The summed E-state index contributed by atoms with van der Waals surface area (Å²) in [6, 6.07) is 7.91. The van der Waals surface area contributed by atoms with Gasteiger partial charge >= 0.3 is 30.1 Å². The molecule has 0 spiro atoms. The highest BCUT2D eigenvalue weighted by molar-refractivity contribution is 7.13. The quantitative estimate of drug-likeness (QED) is 0.109. The van der Waals surface area contributed by atoms with Crippen LogP contribution in [0.4, 0.5) is 73.5 Å². The number of nitrogens with one attached hydrogen (secondary N) is 3. The smallest absolute Gasteiger partial charge is 0.346 e. The number of benzene rings is 1. The molecule has 0 radical (unpaired) electrons. The highest BCUT2D eigenvalue weighted by atomic mass is 35.5. The van der Waals surface area contributed by atoms with Crippen molar-refractivity contribution in [3.63, 3.8) is 0 Å². The van der Waals surface area contributed by atoms with Crippen molar-refractivity contribution >= 4 is 80.7 Å². The number of hydrogen-bond acceptors (Lipinski definition) is 13. The molecule has 6 rings (SSSR count). The number of carbonyl (C=O) groups is 4. The Morgan fingerprint density at radius 3 is 2.25 bits per heavy atom. The number of ketones is 2. The average molecular weight is 826 g/mol. The number of carbonyl (C=O) groups excluding carboxylic acids is 4. The number of aryl methyl sites for hydroxylation is 2. The van der Waals surface area contributed by atoms with Gasteiger partial charge in [-0.25, -0.2) is 4.98 Å². The lowest BCUT2D eigenvalue weighted by Gasteiger charge is -2.16. The van der Waals surface area contributed by atoms with E-state index in [9.17, 15) is 53.9 Å². The highest BCUT2D eigenvalue weighted by Gasteiger charge is 2.54. The number of rotatable bonds is 5. The second-order valence-electron chi connectivity index (χ2n) is 11.5. The molecule has 1 saturated heterocycles. The van der Waals surface area contributed by atoms with Gasteiger partial charge < -0.3 is 20.9 Å². The van der Waals surface area contributed by atoms with Gasteiger partial charge in [0.25, 0.3) is 0 Å². The molecule has 1 aromatic carbocycles. The van der Waals surface area contributed by atoms with Crippen LogP contribution < -0.4 is 20.9 Å². The van der Waals surface area contributed by atoms with Crippen LogP contribution >= 0.6 is 22.9 Å². The Morgan fingerprint density at radius 2 is 1.64 bits per heavy atom. The first-order valence-corrected chi connectivity index (χ1v) is 16.7. The largest absolute Gasteiger partial charge is 0.458 e. The molecule has 3 aromatic heterocycles. The zero-order valence-corrected chi connectivity index (χ0v) is 29.1. The number of nitrogens with zero attached hydrogens (tertiary/aromatic N) is 6. The number of aldehydes is 1. The van der Waals surface area contributed by atoms with Crippen LogP contribution in [0.5, 0.6) is 0 Å². The molecule has 4 aromatic rings. The van der Waals surface area contributed by atoms with Gasteiger partial charge in [-0.15, -0.1) is 10.2 Å². The van der Waals surface area contributed by atoms with E-state index in [1.54, 1.807) is 17.9 Å². The molecular weight excluding hydrogens is 801 g/mol. The summed E-state index contributed by atoms with van der Waals surface area (Å²) in [5.41, 5.74) is 6.25. The predicted molar refractivity (Wildman–Crippen MR) is 179 cm³/mol. The predicted octanol–water partition coefficient (Wildman–Crippen LogP) is 6.81. The lowest BCUT2D eigenvalue weighted by atomic mass is 10.0. The van der Waals surface area contributed by atoms with Gasteiger partial charge in [-0.3, -0.25) is 24.2 Å². The lowest BCUT2D eigenvalue weighted by Crippen LogP contribution is -2.39. The molecule has 1 atom stereocenters. The Bertz CT molecular complexity index is 1970. The van der Waals surface area contributed by atoms with Crippen LogP contribution in [0.3, 0.4) is 0 Å². The van der Waals surface area contributed by atoms with Crippen LogP contribution in [0.1, 0.15) is 24.0 Å². The third kappa shape index (κ3) is 12.8. The van der Waals surface area contributed by atoms with Crippen LogP contribution in [-0.2, 0) is 32.0 Å². The number of alkyl halides is 9. The number of amides is 1. The first-order chi connectivity index (χ1) is 25.7. The Balaban J connectivity index is 0.000000312. The van der Waals surface area contributed by atoms with E-state index in [0.717, 1.165) is 65.7 Å². The number of aromatic nitrogens is 5. The molecule has 1 amide bonds. The van der Waals surface area contributed by atoms with E-state index in [4.69, 9.17) is 16.4 Å². The molecule has 55 heavy (non-hydrogen) atoms. The molecule has 13 nitrogen and oxygen atoms in total. The zero-order chi connectivity index (χ0) is 40.6. The maximum absolute atomic E-state index is 13.0. The number of hydrogen-bond donors (Lipinski definition) is 3. The van der Waals surface area contributed by atoms with Crippen LogP contribution in [0.25, 0.3) is 0 Å². The summed E-state index contributed by atoms with van der Waals surface area (Å²) in [6.45, 7) is 1.71. The monoisotopic (exact) mass is 825 g/mol. The van der Waals surface area contributed by atoms with Gasteiger partial charge in [-0.1, -0.05) is 22.9 Å². The van der Waals surface area contributed by atoms with Gasteiger partial charge in [0, 0.05) is 37.1 Å². The number of pyridine rings is 1. The van der Waals surface area contributed by atoms with Crippen molar-refractivity contribution in [2.24, 2.45) is 5.92 Å². The topological polar surface area (TPSA) is 172 Å². The molecule has 2 aliphatic heterocycles. The summed E-state index contributed by atoms with van der Waals surface area (Å²) < 4.78 is 98.2. The van der Waals surface area contributed by atoms with Crippen LogP contribution in [0.15, 0.2) is 48.4 Å². The molecule has 3 N–H and O–H groups in total. The summed E-state index contributed by atoms with van der Waals surface area (Å²) in [7, 11) is 0. The van der Waals surface area contributed by atoms with E-state index >= 15 is 0 Å². The fraction of sp³-hybridized carbons (Fsp3) is 0.323. The number of halogens is 10. The van der Waals surface area contributed by atoms with Crippen molar-refractivity contribution in [1.82, 2.24) is 25.1 Å². The Labute approximate surface area is 312 Å². The molecule has 0 aliphatic carbocycles. The maximum atomic E-state index is 13.0. The van der Waals surface area contributed by atoms with Gasteiger partial charge in [-0.05, 0) is 60.6 Å². The van der Waals surface area contributed by atoms with Crippen molar-refractivity contribution in [2.45, 2.75) is 44.2 Å². The number of Topliss-reactive ketones (excluding diaryl/α,β-unsaturated/α-hetero) is 2. The van der Waals surface area contributed by atoms with E-state index in [1.807, 2.05) is 30.5 Å². The van der Waals surface area contributed by atoms with Crippen molar-refractivity contribution in [3.8, 4) is 0 Å². The SMILES string of the molecule is O=C(C(=O)C(F)(F)F)C(F)(F)F.O=C(CC1CCN(c2nncs2)C1)Nc1ccc2cc1CCc1cncc(c1)Nc1ncc(Cl)c(n1)N2.O=CC(F)(F)F. The van der Waals surface area contributed by atoms with Crippen molar-refractivity contribution < 1.29 is 58.7 Å². The molecule has 0 saturated carbocycles. The van der Waals surface area contributed by atoms with Gasteiger partial charge in [0.15, 0.2) is 5.82 Å². The summed E-state index contributed by atoms with van der Waals surface area (Å²) >= 11 is 7.89. The van der Waals surface area contributed by atoms with Crippen molar-refractivity contribution in [2.75, 3.05) is 33.9 Å². The molecule has 1 fully saturated rings. The number of fused-ring (bicyclic) bond motifs is 6. The van der Waals surface area contributed by atoms with Crippen molar-refractivity contribution in [3.05, 3.63) is 64.5 Å². The van der Waals surface area contributed by atoms with Crippen LogP contribution in [0.2, 0.25) is 5.02 Å². The minimum Gasteiger partial charge on any atom is -0.346 e. The first-order valence-electron chi connectivity index (χ1n) is 15.4. The molecule has 1 unspecified atom stereocenters. The minimum absolute atomic E-state index is 0.0142. The lowest BCUT2D eigenvalue weighted by molar-refractivity contribution is -0.193. The van der Waals surface area contributed by atoms with E-state index in [0.29, 0.717) is 23.2 Å². The molecule has 24 heteroatoms. The van der Waals surface area contributed by atoms with Crippen LogP contribution in [-0.4, -0.2) is 80.5 Å². The van der Waals surface area contributed by atoms with E-state index < -0.39 is 36.4 Å². The van der Waals surface area contributed by atoms with Gasteiger partial charge in [0.2, 0.25) is 23.3 Å². The summed E-state index contributed by atoms with van der Waals surface area (Å²) in [6.07, 6.45) is -9.20. The van der Waals surface area contributed by atoms with E-state index in [2.05, 4.69) is 46.0 Å². The second-order valence-corrected chi connectivity index (χ2v) is 12.7. The Kier molecular flexibility index (Phi) is 13.7. The zero-order valence-electron chi connectivity index (χ0n) is 27.5. The molecule has 6 bridgehead atoms. The molecular formula is C31H25ClF9N9O4S. The summed E-state index contributed by atoms with van der Waals surface area (Å²) in [5.74, 6) is -5.60. The highest BCUT2D eigenvalue weighted by Crippen LogP contribution is 2.31. The first kappa shape index (κ1) is 42.3. The van der Waals surface area contributed by atoms with Crippen LogP contribution in [0, 0.1) is 5.92 Å². The van der Waals surface area contributed by atoms with E-state index in [1.165, 1.54) is 11.3 Å². The standard InChI is InChI=1S/C25H24ClN9OS.C4F6O2.C2HF3O/c26-20-12-28-24-31-19-7-15(10-27-11-19)1-2-17-9-18(30-23(20)33-24)3-4-21(17)32-22(36)8-16-5-6-35(13-16)25-34-29-14-37-25;5-3(6,7)1(11)2(12)4(8,9)10;3-2(4,5)1-6/h3-4,7,9-12,14,16H,1-2,5-6,8,13H2,(H,32,36)(H2,28,30,31,33);;1H. The van der Waals surface area contributed by atoms with E-state index in [-0.39, 0.29) is 11.8 Å². The summed E-state index contributed by atoms with van der Waals surface area (Å²) in [5, 5.41) is 19.0. The Hall–Kier alpha value is -5.45.